The van der Waals surface area contributed by atoms with E-state index in [1.165, 1.54) is 24.9 Å². The summed E-state index contributed by atoms with van der Waals surface area (Å²) in [7, 11) is 1.48. The van der Waals surface area contributed by atoms with Gasteiger partial charge in [0.1, 0.15) is 4.32 Å². The molecule has 2 N–H and O–H groups in total. The molecule has 0 atom stereocenters. The van der Waals surface area contributed by atoms with Crippen molar-refractivity contribution in [2.24, 2.45) is 0 Å². The first-order chi connectivity index (χ1) is 8.10. The Labute approximate surface area is 108 Å². The lowest BCUT2D eigenvalue weighted by Gasteiger charge is -2.03. The van der Waals surface area contributed by atoms with Crippen LogP contribution in [0.25, 0.3) is 6.08 Å². The minimum atomic E-state index is -0.213. The van der Waals surface area contributed by atoms with Crippen LogP contribution in [-0.4, -0.2) is 22.4 Å². The highest BCUT2D eigenvalue weighted by Gasteiger charge is 2.21. The molecule has 1 aromatic rings. The normalized spacial score (nSPS) is 17.4. The molecule has 0 bridgehead atoms. The average molecular weight is 267 g/mol. The Kier molecular flexibility index (Phi) is 3.35. The van der Waals surface area contributed by atoms with Crippen LogP contribution in [0.1, 0.15) is 5.56 Å². The zero-order chi connectivity index (χ0) is 12.4. The third-order valence-electron chi connectivity index (χ3n) is 2.14. The van der Waals surface area contributed by atoms with Gasteiger partial charge in [0.05, 0.1) is 12.0 Å². The maximum atomic E-state index is 11.4. The lowest BCUT2D eigenvalue weighted by atomic mass is 10.2. The van der Waals surface area contributed by atoms with Gasteiger partial charge in [-0.2, -0.15) is 0 Å². The summed E-state index contributed by atoms with van der Waals surface area (Å²) < 4.78 is 5.38. The smallest absolute Gasteiger partial charge is 0.263 e. The molecule has 0 aromatic heterocycles. The minimum absolute atomic E-state index is 0.0350. The molecule has 1 aliphatic heterocycles. The molecule has 88 valence electrons. The van der Waals surface area contributed by atoms with E-state index in [0.29, 0.717) is 20.5 Å². The number of thiocarbonyl (C=S) groups is 1. The first-order valence-corrected chi connectivity index (χ1v) is 5.94. The number of rotatable bonds is 2. The second-order valence-corrected chi connectivity index (χ2v) is 5.00. The first kappa shape index (κ1) is 11.9. The zero-order valence-corrected chi connectivity index (χ0v) is 10.5. The van der Waals surface area contributed by atoms with Crippen LogP contribution >= 0.6 is 24.0 Å². The second kappa shape index (κ2) is 4.77. The number of thioether (sulfide) groups is 1. The number of hydrogen-bond acceptors (Lipinski definition) is 5. The maximum Gasteiger partial charge on any atom is 0.263 e. The Morgan fingerprint density at radius 3 is 2.82 bits per heavy atom. The summed E-state index contributed by atoms with van der Waals surface area (Å²) in [5.41, 5.74) is 0.714. The number of carbonyl (C=O) groups excluding carboxylic acids is 1. The molecule has 1 saturated heterocycles. The molecule has 4 nitrogen and oxygen atoms in total. The van der Waals surface area contributed by atoms with E-state index in [-0.39, 0.29) is 11.7 Å². The number of phenolic OH excluding ortho intramolecular Hbond substituents is 1. The van der Waals surface area contributed by atoms with Gasteiger partial charge >= 0.3 is 0 Å². The Morgan fingerprint density at radius 1 is 1.53 bits per heavy atom. The summed E-state index contributed by atoms with van der Waals surface area (Å²) in [5.74, 6) is 0.217. The maximum absolute atomic E-state index is 11.4. The minimum Gasteiger partial charge on any atom is -0.504 e. The van der Waals surface area contributed by atoms with Gasteiger partial charge in [0.2, 0.25) is 0 Å². The van der Waals surface area contributed by atoms with Gasteiger partial charge < -0.3 is 15.2 Å². The molecule has 2 rings (SSSR count). The monoisotopic (exact) mass is 267 g/mol. The van der Waals surface area contributed by atoms with Crippen LogP contribution in [0.4, 0.5) is 0 Å². The number of benzene rings is 1. The predicted molar refractivity (Wildman–Crippen MR) is 71.0 cm³/mol. The van der Waals surface area contributed by atoms with E-state index < -0.39 is 0 Å². The number of hydrogen-bond donors (Lipinski definition) is 2. The highest BCUT2D eigenvalue weighted by atomic mass is 32.2. The molecule has 1 aromatic carbocycles. The second-order valence-electron chi connectivity index (χ2n) is 3.28. The molecule has 1 fully saturated rings. The Balaban J connectivity index is 2.30. The standard InChI is InChI=1S/C11H9NO3S2/c1-15-8-3-2-6(4-7(8)13)5-9-10(14)12-11(16)17-9/h2-5,13H,1H3,(H,12,14,16)/b9-5+. The molecule has 1 aliphatic rings. The molecular weight excluding hydrogens is 258 g/mol. The van der Waals surface area contributed by atoms with Crippen LogP contribution in [0.3, 0.4) is 0 Å². The van der Waals surface area contributed by atoms with E-state index in [2.05, 4.69) is 5.32 Å². The van der Waals surface area contributed by atoms with Gasteiger partial charge in [0.25, 0.3) is 5.91 Å². The molecule has 17 heavy (non-hydrogen) atoms. The van der Waals surface area contributed by atoms with Gasteiger partial charge in [-0.05, 0) is 23.8 Å². The van der Waals surface area contributed by atoms with Crippen molar-refractivity contribution >= 4 is 40.3 Å². The SMILES string of the molecule is COc1ccc(/C=C2/SC(=S)NC2=O)cc1O. The molecule has 0 radical (unpaired) electrons. The van der Waals surface area contributed by atoms with E-state index >= 15 is 0 Å². The summed E-state index contributed by atoms with van der Waals surface area (Å²) in [6.45, 7) is 0. The molecule has 0 aliphatic carbocycles. The Hall–Kier alpha value is -1.53. The molecule has 1 amide bonds. The third kappa shape index (κ3) is 2.59. The van der Waals surface area contributed by atoms with Gasteiger partial charge in [-0.1, -0.05) is 30.0 Å². The summed E-state index contributed by atoms with van der Waals surface area (Å²) in [5, 5.41) is 12.1. The number of ether oxygens (including phenoxy) is 1. The van der Waals surface area contributed by atoms with Crippen LogP contribution in [0.5, 0.6) is 11.5 Å². The van der Waals surface area contributed by atoms with Crippen molar-refractivity contribution in [3.63, 3.8) is 0 Å². The number of nitrogens with one attached hydrogen (secondary N) is 1. The number of methoxy groups -OCH3 is 1. The molecule has 0 spiro atoms. The number of amides is 1. The lowest BCUT2D eigenvalue weighted by Crippen LogP contribution is -2.17. The van der Waals surface area contributed by atoms with E-state index in [9.17, 15) is 9.90 Å². The van der Waals surface area contributed by atoms with Crippen LogP contribution in [-0.2, 0) is 4.79 Å². The fraction of sp³-hybridized carbons (Fsp3) is 0.0909. The van der Waals surface area contributed by atoms with Crippen LogP contribution in [0.2, 0.25) is 0 Å². The fourth-order valence-electron chi connectivity index (χ4n) is 1.37. The molecular formula is C11H9NO3S2. The zero-order valence-electron chi connectivity index (χ0n) is 8.89. The quantitative estimate of drug-likeness (QED) is 0.633. The predicted octanol–water partition coefficient (Wildman–Crippen LogP) is 1.89. The molecule has 0 unspecified atom stereocenters. The fourth-order valence-corrected chi connectivity index (χ4v) is 2.41. The number of phenols is 1. The summed E-state index contributed by atoms with van der Waals surface area (Å²) in [6.07, 6.45) is 1.67. The van der Waals surface area contributed by atoms with Crippen LogP contribution < -0.4 is 10.1 Å². The van der Waals surface area contributed by atoms with Crippen molar-refractivity contribution in [2.75, 3.05) is 7.11 Å². The van der Waals surface area contributed by atoms with Crippen molar-refractivity contribution in [3.8, 4) is 11.5 Å². The summed E-state index contributed by atoms with van der Waals surface area (Å²) in [4.78, 5) is 11.9. The number of carbonyl (C=O) groups is 1. The summed E-state index contributed by atoms with van der Waals surface area (Å²) >= 11 is 6.08. The van der Waals surface area contributed by atoms with Crippen molar-refractivity contribution in [3.05, 3.63) is 28.7 Å². The largest absolute Gasteiger partial charge is 0.504 e. The van der Waals surface area contributed by atoms with E-state index in [4.69, 9.17) is 17.0 Å². The van der Waals surface area contributed by atoms with Crippen molar-refractivity contribution in [1.82, 2.24) is 5.32 Å². The van der Waals surface area contributed by atoms with E-state index in [1.807, 2.05) is 0 Å². The van der Waals surface area contributed by atoms with Crippen LogP contribution in [0, 0.1) is 0 Å². The van der Waals surface area contributed by atoms with Gasteiger partial charge in [-0.15, -0.1) is 0 Å². The van der Waals surface area contributed by atoms with Gasteiger partial charge in [-0.25, -0.2) is 0 Å². The molecule has 1 heterocycles. The van der Waals surface area contributed by atoms with E-state index in [1.54, 1.807) is 18.2 Å². The van der Waals surface area contributed by atoms with Crippen molar-refractivity contribution in [2.45, 2.75) is 0 Å². The van der Waals surface area contributed by atoms with Gasteiger partial charge in [-0.3, -0.25) is 4.79 Å². The molecule has 0 saturated carbocycles. The van der Waals surface area contributed by atoms with Crippen molar-refractivity contribution < 1.29 is 14.6 Å². The highest BCUT2D eigenvalue weighted by molar-refractivity contribution is 8.26. The Bertz CT molecular complexity index is 525. The highest BCUT2D eigenvalue weighted by Crippen LogP contribution is 2.30. The lowest BCUT2D eigenvalue weighted by molar-refractivity contribution is -0.115. The number of aromatic hydroxyl groups is 1. The average Bonchev–Trinajstić information content (AvgIpc) is 2.58. The van der Waals surface area contributed by atoms with Gasteiger partial charge in [0.15, 0.2) is 11.5 Å². The molecule has 6 heteroatoms. The first-order valence-electron chi connectivity index (χ1n) is 4.72. The Morgan fingerprint density at radius 2 is 2.29 bits per heavy atom. The van der Waals surface area contributed by atoms with Crippen molar-refractivity contribution in [1.29, 1.82) is 0 Å². The topological polar surface area (TPSA) is 58.6 Å². The van der Waals surface area contributed by atoms with Gasteiger partial charge in [0, 0.05) is 0 Å². The third-order valence-corrected chi connectivity index (χ3v) is 3.31. The van der Waals surface area contributed by atoms with E-state index in [0.717, 1.165) is 0 Å². The summed E-state index contributed by atoms with van der Waals surface area (Å²) in [6, 6.07) is 4.92. The van der Waals surface area contributed by atoms with Crippen LogP contribution in [0.15, 0.2) is 23.1 Å².